The van der Waals surface area contributed by atoms with E-state index in [1.807, 2.05) is 6.07 Å². The quantitative estimate of drug-likeness (QED) is 0.672. The summed E-state index contributed by atoms with van der Waals surface area (Å²) in [6, 6.07) is 8.67. The number of anilines is 1. The van der Waals surface area contributed by atoms with Gasteiger partial charge in [-0.2, -0.15) is 0 Å². The lowest BCUT2D eigenvalue weighted by Gasteiger charge is -2.06. The van der Waals surface area contributed by atoms with Gasteiger partial charge in [0.15, 0.2) is 0 Å². The monoisotopic (exact) mass is 345 g/mol. The third-order valence-electron chi connectivity index (χ3n) is 2.22. The lowest BCUT2D eigenvalue weighted by Crippen LogP contribution is -2.06. The van der Waals surface area contributed by atoms with E-state index in [1.54, 1.807) is 24.3 Å². The molecule has 0 spiro atoms. The molecular formula is C12H9BrClNO2S. The van der Waals surface area contributed by atoms with E-state index < -0.39 is 5.97 Å². The van der Waals surface area contributed by atoms with Gasteiger partial charge in [-0.3, -0.25) is 0 Å². The third kappa shape index (κ3) is 3.04. The van der Waals surface area contributed by atoms with Crippen molar-refractivity contribution in [3.8, 4) is 0 Å². The van der Waals surface area contributed by atoms with E-state index >= 15 is 0 Å². The fraction of sp³-hybridized carbons (Fsp3) is 0.0833. The fourth-order valence-electron chi connectivity index (χ4n) is 1.35. The second-order valence-corrected chi connectivity index (χ2v) is 6.08. The van der Waals surface area contributed by atoms with Gasteiger partial charge >= 0.3 is 5.97 Å². The molecule has 0 fully saturated rings. The van der Waals surface area contributed by atoms with Crippen LogP contribution in [0, 0.1) is 0 Å². The lowest BCUT2D eigenvalue weighted by molar-refractivity contribution is 0.0476. The summed E-state index contributed by atoms with van der Waals surface area (Å²) in [7, 11) is 0. The van der Waals surface area contributed by atoms with Gasteiger partial charge in [0.2, 0.25) is 0 Å². The first-order chi connectivity index (χ1) is 8.58. The number of nitrogens with two attached hydrogens (primary N) is 1. The van der Waals surface area contributed by atoms with Crippen LogP contribution < -0.4 is 5.73 Å². The van der Waals surface area contributed by atoms with Crippen LogP contribution in [0.4, 0.5) is 5.69 Å². The van der Waals surface area contributed by atoms with Crippen LogP contribution in [-0.4, -0.2) is 5.97 Å². The van der Waals surface area contributed by atoms with E-state index in [-0.39, 0.29) is 6.61 Å². The Morgan fingerprint density at radius 2 is 2.17 bits per heavy atom. The number of halogens is 2. The SMILES string of the molecule is Nc1cccc(C(=O)OCc2ccc(Cl)s2)c1Br. The molecule has 0 aliphatic rings. The number of carbonyl (C=O) groups is 1. The average molecular weight is 347 g/mol. The molecule has 0 amide bonds. The molecule has 1 aromatic carbocycles. The zero-order valence-corrected chi connectivity index (χ0v) is 12.3. The molecule has 0 radical (unpaired) electrons. The number of carbonyl (C=O) groups excluding carboxylic acids is 1. The first-order valence-electron chi connectivity index (χ1n) is 5.03. The highest BCUT2D eigenvalue weighted by Crippen LogP contribution is 2.26. The summed E-state index contributed by atoms with van der Waals surface area (Å²) < 4.78 is 6.42. The Morgan fingerprint density at radius 3 is 2.83 bits per heavy atom. The summed E-state index contributed by atoms with van der Waals surface area (Å²) >= 11 is 10.4. The lowest BCUT2D eigenvalue weighted by atomic mass is 10.2. The van der Waals surface area contributed by atoms with Gasteiger partial charge in [0.1, 0.15) is 6.61 Å². The van der Waals surface area contributed by atoms with Gasteiger partial charge in [-0.1, -0.05) is 17.7 Å². The summed E-state index contributed by atoms with van der Waals surface area (Å²) in [6.07, 6.45) is 0. The number of thiophene rings is 1. The molecule has 1 aromatic heterocycles. The number of rotatable bonds is 3. The normalized spacial score (nSPS) is 10.3. The number of hydrogen-bond donors (Lipinski definition) is 1. The molecule has 6 heteroatoms. The molecule has 0 saturated heterocycles. The van der Waals surface area contributed by atoms with Gasteiger partial charge < -0.3 is 10.5 Å². The molecule has 1 heterocycles. The van der Waals surface area contributed by atoms with Crippen molar-refractivity contribution < 1.29 is 9.53 Å². The maximum Gasteiger partial charge on any atom is 0.339 e. The summed E-state index contributed by atoms with van der Waals surface area (Å²) in [5.74, 6) is -0.418. The molecular weight excluding hydrogens is 338 g/mol. The van der Waals surface area contributed by atoms with Crippen LogP contribution in [0.5, 0.6) is 0 Å². The van der Waals surface area contributed by atoms with E-state index in [4.69, 9.17) is 22.1 Å². The van der Waals surface area contributed by atoms with Crippen molar-refractivity contribution in [1.29, 1.82) is 0 Å². The molecule has 2 rings (SSSR count). The van der Waals surface area contributed by atoms with Gasteiger partial charge in [0, 0.05) is 10.6 Å². The van der Waals surface area contributed by atoms with E-state index in [2.05, 4.69) is 15.9 Å². The Labute approximate surface area is 122 Å². The number of nitrogen functional groups attached to an aromatic ring is 1. The minimum atomic E-state index is -0.418. The van der Waals surface area contributed by atoms with E-state index in [0.29, 0.717) is 20.1 Å². The molecule has 0 aliphatic carbocycles. The highest BCUT2D eigenvalue weighted by atomic mass is 79.9. The number of benzene rings is 1. The van der Waals surface area contributed by atoms with Gasteiger partial charge in [-0.15, -0.1) is 11.3 Å². The van der Waals surface area contributed by atoms with Gasteiger partial charge in [-0.05, 0) is 40.2 Å². The van der Waals surface area contributed by atoms with Crippen molar-refractivity contribution in [2.45, 2.75) is 6.61 Å². The molecule has 18 heavy (non-hydrogen) atoms. The van der Waals surface area contributed by atoms with Crippen molar-refractivity contribution in [2.75, 3.05) is 5.73 Å². The van der Waals surface area contributed by atoms with E-state index in [0.717, 1.165) is 4.88 Å². The van der Waals surface area contributed by atoms with Crippen LogP contribution >= 0.6 is 38.9 Å². The molecule has 3 nitrogen and oxygen atoms in total. The van der Waals surface area contributed by atoms with Crippen LogP contribution in [0.3, 0.4) is 0 Å². The second-order valence-electron chi connectivity index (χ2n) is 3.49. The summed E-state index contributed by atoms with van der Waals surface area (Å²) in [5.41, 5.74) is 6.62. The van der Waals surface area contributed by atoms with Crippen molar-refractivity contribution >= 4 is 50.5 Å². The van der Waals surface area contributed by atoms with Crippen LogP contribution in [0.1, 0.15) is 15.2 Å². The van der Waals surface area contributed by atoms with Gasteiger partial charge in [0.05, 0.1) is 14.4 Å². The zero-order chi connectivity index (χ0) is 13.1. The summed E-state index contributed by atoms with van der Waals surface area (Å²) in [6.45, 7) is 0.206. The smallest absolute Gasteiger partial charge is 0.339 e. The Kier molecular flexibility index (Phi) is 4.27. The van der Waals surface area contributed by atoms with Gasteiger partial charge in [0.25, 0.3) is 0 Å². The largest absolute Gasteiger partial charge is 0.456 e. The number of ether oxygens (including phenoxy) is 1. The molecule has 0 bridgehead atoms. The highest BCUT2D eigenvalue weighted by molar-refractivity contribution is 9.10. The van der Waals surface area contributed by atoms with Crippen molar-refractivity contribution in [3.63, 3.8) is 0 Å². The number of hydrogen-bond acceptors (Lipinski definition) is 4. The maximum absolute atomic E-state index is 11.9. The van der Waals surface area contributed by atoms with Gasteiger partial charge in [-0.25, -0.2) is 4.79 Å². The average Bonchev–Trinajstić information content (AvgIpc) is 2.76. The number of esters is 1. The van der Waals surface area contributed by atoms with Crippen LogP contribution in [0.25, 0.3) is 0 Å². The first kappa shape index (κ1) is 13.4. The predicted molar refractivity (Wildman–Crippen MR) is 77.0 cm³/mol. The molecule has 0 atom stereocenters. The third-order valence-corrected chi connectivity index (χ3v) is 4.31. The van der Waals surface area contributed by atoms with Crippen molar-refractivity contribution in [1.82, 2.24) is 0 Å². The van der Waals surface area contributed by atoms with Crippen LogP contribution in [0.2, 0.25) is 4.34 Å². The summed E-state index contributed by atoms with van der Waals surface area (Å²) in [5, 5.41) is 0. The van der Waals surface area contributed by atoms with Crippen molar-refractivity contribution in [2.24, 2.45) is 0 Å². The fourth-order valence-corrected chi connectivity index (χ4v) is 2.78. The van der Waals surface area contributed by atoms with E-state index in [9.17, 15) is 4.79 Å². The minimum Gasteiger partial charge on any atom is -0.456 e. The Morgan fingerprint density at radius 1 is 1.39 bits per heavy atom. The Bertz CT molecular complexity index is 585. The zero-order valence-electron chi connectivity index (χ0n) is 9.15. The summed E-state index contributed by atoms with van der Waals surface area (Å²) in [4.78, 5) is 12.8. The minimum absolute atomic E-state index is 0.206. The first-order valence-corrected chi connectivity index (χ1v) is 7.02. The van der Waals surface area contributed by atoms with Crippen LogP contribution in [0.15, 0.2) is 34.8 Å². The Hall–Kier alpha value is -1.04. The topological polar surface area (TPSA) is 52.3 Å². The standard InChI is InChI=1S/C12H9BrClNO2S/c13-11-8(2-1-3-9(11)15)12(16)17-6-7-4-5-10(14)18-7/h1-5H,6,15H2. The maximum atomic E-state index is 11.9. The molecule has 0 saturated carbocycles. The predicted octanol–water partition coefficient (Wildman–Crippen LogP) is 4.10. The highest BCUT2D eigenvalue weighted by Gasteiger charge is 2.13. The van der Waals surface area contributed by atoms with Crippen LogP contribution in [-0.2, 0) is 11.3 Å². The Balaban J connectivity index is 2.06. The molecule has 94 valence electrons. The van der Waals surface area contributed by atoms with Crippen molar-refractivity contribution in [3.05, 3.63) is 49.6 Å². The molecule has 0 unspecified atom stereocenters. The molecule has 0 aliphatic heterocycles. The molecule has 2 N–H and O–H groups in total. The second kappa shape index (κ2) is 5.73. The van der Waals surface area contributed by atoms with E-state index in [1.165, 1.54) is 11.3 Å². The molecule has 2 aromatic rings.